The Hall–Kier alpha value is -0.790. The van der Waals surface area contributed by atoms with Crippen molar-refractivity contribution in [2.24, 2.45) is 5.92 Å². The van der Waals surface area contributed by atoms with E-state index in [-0.39, 0.29) is 0 Å². The van der Waals surface area contributed by atoms with Crippen LogP contribution in [-0.2, 0) is 4.79 Å². The van der Waals surface area contributed by atoms with Crippen LogP contribution in [0.15, 0.2) is 12.2 Å². The molecule has 0 aromatic rings. The monoisotopic (exact) mass is 126 g/mol. The molecule has 0 amide bonds. The van der Waals surface area contributed by atoms with Gasteiger partial charge in [-0.05, 0) is 18.8 Å². The molecule has 1 rings (SSSR count). The molecule has 0 aromatic carbocycles. The Labute approximate surface area is 54.2 Å². The summed E-state index contributed by atoms with van der Waals surface area (Å²) in [5.41, 5.74) is 0. The second-order valence-electron chi connectivity index (χ2n) is 2.39. The summed E-state index contributed by atoms with van der Waals surface area (Å²) in [5.74, 6) is -0.275. The normalized spacial score (nSPS) is 20.0. The molecular weight excluding hydrogens is 116 g/mol. The maximum absolute atomic E-state index is 9.96. The molecule has 0 aromatic heterocycles. The Kier molecular flexibility index (Phi) is 1.88. The highest BCUT2D eigenvalue weighted by molar-refractivity contribution is 5.79. The van der Waals surface area contributed by atoms with Gasteiger partial charge in [-0.15, -0.1) is 0 Å². The minimum Gasteiger partial charge on any atom is -0.478 e. The van der Waals surface area contributed by atoms with E-state index in [9.17, 15) is 4.79 Å². The van der Waals surface area contributed by atoms with Gasteiger partial charge in [0, 0.05) is 6.08 Å². The van der Waals surface area contributed by atoms with Crippen molar-refractivity contribution in [1.29, 1.82) is 0 Å². The highest BCUT2D eigenvalue weighted by Crippen LogP contribution is 2.26. The van der Waals surface area contributed by atoms with Crippen LogP contribution in [0.4, 0.5) is 0 Å². The number of hydrogen-bond acceptors (Lipinski definition) is 1. The van der Waals surface area contributed by atoms with Crippen LogP contribution < -0.4 is 0 Å². The molecule has 1 fully saturated rings. The van der Waals surface area contributed by atoms with Crippen molar-refractivity contribution < 1.29 is 9.90 Å². The Bertz CT molecular complexity index is 134. The molecule has 1 N–H and O–H groups in total. The van der Waals surface area contributed by atoms with Crippen molar-refractivity contribution in [3.8, 4) is 0 Å². The zero-order valence-electron chi connectivity index (χ0n) is 5.21. The highest BCUT2D eigenvalue weighted by atomic mass is 16.4. The number of hydrogen-bond donors (Lipinski definition) is 1. The lowest BCUT2D eigenvalue weighted by atomic mass is 9.85. The van der Waals surface area contributed by atoms with Crippen LogP contribution in [0.25, 0.3) is 0 Å². The fourth-order valence-corrected chi connectivity index (χ4v) is 0.851. The topological polar surface area (TPSA) is 37.3 Å². The van der Waals surface area contributed by atoms with E-state index in [2.05, 4.69) is 0 Å². The maximum atomic E-state index is 9.96. The van der Waals surface area contributed by atoms with Crippen LogP contribution in [-0.4, -0.2) is 11.1 Å². The van der Waals surface area contributed by atoms with Gasteiger partial charge in [-0.25, -0.2) is 4.79 Å². The molecule has 0 heterocycles. The summed E-state index contributed by atoms with van der Waals surface area (Å²) in [6.45, 7) is 0. The first-order valence-electron chi connectivity index (χ1n) is 3.20. The summed E-state index contributed by atoms with van der Waals surface area (Å²) in [6.07, 6.45) is 6.62. The Morgan fingerprint density at radius 2 is 2.22 bits per heavy atom. The molecule has 0 atom stereocenters. The summed E-state index contributed by atoms with van der Waals surface area (Å²) in [4.78, 5) is 9.96. The average molecular weight is 126 g/mol. The van der Waals surface area contributed by atoms with E-state index in [1.54, 1.807) is 6.08 Å². The first kappa shape index (κ1) is 6.33. The summed E-state index contributed by atoms with van der Waals surface area (Å²) in [7, 11) is 0. The lowest BCUT2D eigenvalue weighted by molar-refractivity contribution is -0.131. The third-order valence-electron chi connectivity index (χ3n) is 1.66. The Balaban J connectivity index is 2.22. The average Bonchev–Trinajstić information content (AvgIpc) is 1.60. The molecule has 2 nitrogen and oxygen atoms in total. The molecule has 0 saturated heterocycles. The fourth-order valence-electron chi connectivity index (χ4n) is 0.851. The third kappa shape index (κ3) is 1.88. The van der Waals surface area contributed by atoms with Gasteiger partial charge in [-0.2, -0.15) is 0 Å². The lowest BCUT2D eigenvalue weighted by Crippen LogP contribution is -2.07. The van der Waals surface area contributed by atoms with Crippen LogP contribution in [0.5, 0.6) is 0 Å². The van der Waals surface area contributed by atoms with Gasteiger partial charge in [-0.3, -0.25) is 0 Å². The van der Waals surface area contributed by atoms with Gasteiger partial charge in [0.2, 0.25) is 0 Å². The minimum atomic E-state index is -0.832. The molecular formula is C7H10O2. The van der Waals surface area contributed by atoms with Gasteiger partial charge in [-0.1, -0.05) is 12.5 Å². The lowest BCUT2D eigenvalue weighted by Gasteiger charge is -2.20. The van der Waals surface area contributed by atoms with Crippen LogP contribution in [0, 0.1) is 5.92 Å². The van der Waals surface area contributed by atoms with Gasteiger partial charge in [0.1, 0.15) is 0 Å². The van der Waals surface area contributed by atoms with E-state index in [0.717, 1.165) is 0 Å². The molecule has 0 aliphatic heterocycles. The molecule has 1 aliphatic rings. The largest absolute Gasteiger partial charge is 0.478 e. The molecule has 0 spiro atoms. The predicted octanol–water partition coefficient (Wildman–Crippen LogP) is 1.43. The molecule has 0 bridgehead atoms. The van der Waals surface area contributed by atoms with Gasteiger partial charge in [0.15, 0.2) is 0 Å². The first-order chi connectivity index (χ1) is 4.29. The zero-order valence-corrected chi connectivity index (χ0v) is 5.21. The van der Waals surface area contributed by atoms with Crippen molar-refractivity contribution >= 4 is 5.97 Å². The number of carboxylic acid groups (broad SMARTS) is 1. The van der Waals surface area contributed by atoms with E-state index in [1.165, 1.54) is 25.3 Å². The van der Waals surface area contributed by atoms with E-state index < -0.39 is 5.97 Å². The molecule has 1 aliphatic carbocycles. The number of rotatable bonds is 2. The maximum Gasteiger partial charge on any atom is 0.327 e. The van der Waals surface area contributed by atoms with Gasteiger partial charge in [0.25, 0.3) is 0 Å². The Morgan fingerprint density at radius 3 is 2.56 bits per heavy atom. The molecule has 0 radical (unpaired) electrons. The van der Waals surface area contributed by atoms with Crippen molar-refractivity contribution in [3.63, 3.8) is 0 Å². The standard InChI is InChI=1S/C7H10O2/c8-7(9)5-4-6-2-1-3-6/h4-6H,1-3H2,(H,8,9). The first-order valence-corrected chi connectivity index (χ1v) is 3.20. The predicted molar refractivity (Wildman–Crippen MR) is 34.1 cm³/mol. The minimum absolute atomic E-state index is 0.557. The number of carbonyl (C=O) groups is 1. The van der Waals surface area contributed by atoms with Gasteiger partial charge >= 0.3 is 5.97 Å². The van der Waals surface area contributed by atoms with Gasteiger partial charge < -0.3 is 5.11 Å². The smallest absolute Gasteiger partial charge is 0.327 e. The SMILES string of the molecule is O=C(O)C=CC1CCC1. The number of allylic oxidation sites excluding steroid dienone is 1. The van der Waals surface area contributed by atoms with E-state index in [4.69, 9.17) is 5.11 Å². The number of aliphatic carboxylic acids is 1. The summed E-state index contributed by atoms with van der Waals surface area (Å²) < 4.78 is 0. The van der Waals surface area contributed by atoms with Crippen LogP contribution in [0.1, 0.15) is 19.3 Å². The Morgan fingerprint density at radius 1 is 1.56 bits per heavy atom. The summed E-state index contributed by atoms with van der Waals surface area (Å²) >= 11 is 0. The van der Waals surface area contributed by atoms with Crippen molar-refractivity contribution in [2.75, 3.05) is 0 Å². The zero-order chi connectivity index (χ0) is 6.69. The van der Waals surface area contributed by atoms with Crippen LogP contribution in [0.3, 0.4) is 0 Å². The van der Waals surface area contributed by atoms with Crippen LogP contribution >= 0.6 is 0 Å². The third-order valence-corrected chi connectivity index (χ3v) is 1.66. The van der Waals surface area contributed by atoms with Crippen molar-refractivity contribution in [3.05, 3.63) is 12.2 Å². The number of carboxylic acids is 1. The molecule has 1 saturated carbocycles. The second kappa shape index (κ2) is 2.67. The molecule has 9 heavy (non-hydrogen) atoms. The van der Waals surface area contributed by atoms with Crippen LogP contribution in [0.2, 0.25) is 0 Å². The van der Waals surface area contributed by atoms with Crippen molar-refractivity contribution in [1.82, 2.24) is 0 Å². The second-order valence-corrected chi connectivity index (χ2v) is 2.39. The summed E-state index contributed by atoms with van der Waals surface area (Å²) in [5, 5.41) is 8.20. The van der Waals surface area contributed by atoms with E-state index in [1.807, 2.05) is 0 Å². The highest BCUT2D eigenvalue weighted by Gasteiger charge is 2.13. The fraction of sp³-hybridized carbons (Fsp3) is 0.571. The van der Waals surface area contributed by atoms with E-state index in [0.29, 0.717) is 5.92 Å². The summed E-state index contributed by atoms with van der Waals surface area (Å²) in [6, 6.07) is 0. The molecule has 50 valence electrons. The van der Waals surface area contributed by atoms with E-state index >= 15 is 0 Å². The molecule has 2 heteroatoms. The molecule has 0 unspecified atom stereocenters. The van der Waals surface area contributed by atoms with Gasteiger partial charge in [0.05, 0.1) is 0 Å². The quantitative estimate of drug-likeness (QED) is 0.568. The van der Waals surface area contributed by atoms with Crippen molar-refractivity contribution in [2.45, 2.75) is 19.3 Å².